The first-order chi connectivity index (χ1) is 11.0. The number of benzene rings is 1. The van der Waals surface area contributed by atoms with Gasteiger partial charge < -0.3 is 5.32 Å². The van der Waals surface area contributed by atoms with Crippen LogP contribution in [-0.2, 0) is 4.79 Å². The van der Waals surface area contributed by atoms with Crippen molar-refractivity contribution in [3.05, 3.63) is 47.0 Å². The third-order valence-corrected chi connectivity index (χ3v) is 5.26. The molecule has 1 atom stereocenters. The van der Waals surface area contributed by atoms with Crippen molar-refractivity contribution in [2.24, 2.45) is 0 Å². The molecule has 1 aromatic carbocycles. The van der Waals surface area contributed by atoms with Gasteiger partial charge in [-0.3, -0.25) is 4.79 Å². The number of para-hydroxylation sites is 1. The molecule has 1 N–H and O–H groups in total. The molecule has 6 heteroatoms. The minimum Gasteiger partial charge on any atom is -0.301 e. The summed E-state index contributed by atoms with van der Waals surface area (Å²) < 4.78 is 0. The Morgan fingerprint density at radius 2 is 2.13 bits per heavy atom. The molecule has 0 bridgehead atoms. The van der Waals surface area contributed by atoms with Gasteiger partial charge in [0.2, 0.25) is 5.91 Å². The maximum absolute atomic E-state index is 12.2. The number of amides is 1. The monoisotopic (exact) mass is 343 g/mol. The van der Waals surface area contributed by atoms with Crippen LogP contribution < -0.4 is 5.32 Å². The van der Waals surface area contributed by atoms with Gasteiger partial charge in [-0.15, -0.1) is 11.3 Å². The first-order valence-corrected chi connectivity index (χ1v) is 9.04. The molecule has 0 aliphatic carbocycles. The highest BCUT2D eigenvalue weighted by Gasteiger charge is 2.17. The van der Waals surface area contributed by atoms with Crippen LogP contribution in [-0.4, -0.2) is 21.1 Å². The highest BCUT2D eigenvalue weighted by atomic mass is 32.2. The van der Waals surface area contributed by atoms with E-state index in [-0.39, 0.29) is 11.2 Å². The normalized spacial score (nSPS) is 12.3. The fraction of sp³-hybridized carbons (Fsp3) is 0.235. The Hall–Kier alpha value is -1.92. The van der Waals surface area contributed by atoms with Crippen LogP contribution in [0.25, 0.3) is 10.9 Å². The van der Waals surface area contributed by atoms with Crippen molar-refractivity contribution in [3.8, 4) is 0 Å². The van der Waals surface area contributed by atoms with Crippen molar-refractivity contribution in [3.63, 3.8) is 0 Å². The first kappa shape index (κ1) is 16.0. The molecule has 118 valence electrons. The Morgan fingerprint density at radius 1 is 1.30 bits per heavy atom. The van der Waals surface area contributed by atoms with Crippen LogP contribution in [0.15, 0.2) is 40.9 Å². The lowest BCUT2D eigenvalue weighted by molar-refractivity contribution is -0.115. The number of carbonyl (C=O) groups is 1. The van der Waals surface area contributed by atoms with Crippen molar-refractivity contribution in [2.45, 2.75) is 31.0 Å². The van der Waals surface area contributed by atoms with E-state index in [2.05, 4.69) is 36.3 Å². The SMILES string of the molecule is Cc1cc(SC(C)C(=O)Nc2nccs2)nc2c(C)cccc12. The van der Waals surface area contributed by atoms with E-state index in [0.717, 1.165) is 21.5 Å². The first-order valence-electron chi connectivity index (χ1n) is 7.28. The number of nitrogens with one attached hydrogen (secondary N) is 1. The highest BCUT2D eigenvalue weighted by molar-refractivity contribution is 8.00. The van der Waals surface area contributed by atoms with Crippen LogP contribution in [0.3, 0.4) is 0 Å². The molecule has 1 amide bonds. The smallest absolute Gasteiger partial charge is 0.239 e. The molecular weight excluding hydrogens is 326 g/mol. The van der Waals surface area contributed by atoms with Gasteiger partial charge in [0, 0.05) is 17.0 Å². The number of hydrogen-bond acceptors (Lipinski definition) is 5. The average molecular weight is 343 g/mol. The summed E-state index contributed by atoms with van der Waals surface area (Å²) in [5.41, 5.74) is 3.32. The lowest BCUT2D eigenvalue weighted by Gasteiger charge is -2.12. The molecular formula is C17H17N3OS2. The van der Waals surface area contributed by atoms with Crippen LogP contribution in [0.4, 0.5) is 5.13 Å². The van der Waals surface area contributed by atoms with Gasteiger partial charge in [0.25, 0.3) is 0 Å². The molecule has 0 aliphatic rings. The van der Waals surface area contributed by atoms with E-state index in [1.54, 1.807) is 6.20 Å². The number of pyridine rings is 1. The van der Waals surface area contributed by atoms with Gasteiger partial charge in [-0.2, -0.15) is 0 Å². The number of fused-ring (bicyclic) bond motifs is 1. The Morgan fingerprint density at radius 3 is 2.87 bits per heavy atom. The molecule has 2 heterocycles. The fourth-order valence-electron chi connectivity index (χ4n) is 2.32. The zero-order chi connectivity index (χ0) is 16.4. The zero-order valence-electron chi connectivity index (χ0n) is 13.2. The van der Waals surface area contributed by atoms with E-state index in [9.17, 15) is 4.79 Å². The fourth-order valence-corrected chi connectivity index (χ4v) is 3.77. The number of thioether (sulfide) groups is 1. The number of aromatic nitrogens is 2. The maximum Gasteiger partial charge on any atom is 0.239 e. The Labute approximate surface area is 143 Å². The average Bonchev–Trinajstić information content (AvgIpc) is 3.01. The molecule has 2 aromatic heterocycles. The van der Waals surface area contributed by atoms with E-state index in [4.69, 9.17) is 4.98 Å². The molecule has 0 spiro atoms. The predicted molar refractivity (Wildman–Crippen MR) is 97.3 cm³/mol. The molecule has 0 fully saturated rings. The third-order valence-electron chi connectivity index (χ3n) is 3.55. The second kappa shape index (κ2) is 6.68. The summed E-state index contributed by atoms with van der Waals surface area (Å²) in [7, 11) is 0. The lowest BCUT2D eigenvalue weighted by atomic mass is 10.1. The molecule has 0 saturated heterocycles. The van der Waals surface area contributed by atoms with E-state index in [1.165, 1.54) is 28.7 Å². The predicted octanol–water partition coefficient (Wildman–Crippen LogP) is 4.43. The number of thiazole rings is 1. The van der Waals surface area contributed by atoms with Crippen LogP contribution in [0.5, 0.6) is 0 Å². The van der Waals surface area contributed by atoms with E-state index in [0.29, 0.717) is 5.13 Å². The molecule has 0 saturated carbocycles. The lowest BCUT2D eigenvalue weighted by Crippen LogP contribution is -2.22. The molecule has 0 radical (unpaired) electrons. The quantitative estimate of drug-likeness (QED) is 0.712. The minimum atomic E-state index is -0.243. The number of carbonyl (C=O) groups excluding carboxylic acids is 1. The van der Waals surface area contributed by atoms with Gasteiger partial charge in [-0.05, 0) is 38.0 Å². The number of hydrogen-bond donors (Lipinski definition) is 1. The number of nitrogens with zero attached hydrogens (tertiary/aromatic N) is 2. The Bertz CT molecular complexity index is 846. The highest BCUT2D eigenvalue weighted by Crippen LogP contribution is 2.28. The van der Waals surface area contributed by atoms with Gasteiger partial charge in [0.05, 0.1) is 15.8 Å². The molecule has 3 rings (SSSR count). The van der Waals surface area contributed by atoms with Gasteiger partial charge in [0.1, 0.15) is 0 Å². The Kier molecular flexibility index (Phi) is 4.63. The minimum absolute atomic E-state index is 0.0608. The van der Waals surface area contributed by atoms with Crippen molar-refractivity contribution in [1.82, 2.24) is 9.97 Å². The largest absolute Gasteiger partial charge is 0.301 e. The van der Waals surface area contributed by atoms with Crippen molar-refractivity contribution >= 4 is 45.0 Å². The summed E-state index contributed by atoms with van der Waals surface area (Å²) in [6.45, 7) is 6.02. The van der Waals surface area contributed by atoms with Crippen LogP contribution in [0.1, 0.15) is 18.1 Å². The van der Waals surface area contributed by atoms with Crippen LogP contribution in [0.2, 0.25) is 0 Å². The van der Waals surface area contributed by atoms with E-state index in [1.807, 2.05) is 24.4 Å². The van der Waals surface area contributed by atoms with Crippen molar-refractivity contribution < 1.29 is 4.79 Å². The number of rotatable bonds is 4. The van der Waals surface area contributed by atoms with Crippen LogP contribution >= 0.6 is 23.1 Å². The van der Waals surface area contributed by atoms with Gasteiger partial charge in [-0.1, -0.05) is 30.0 Å². The number of aryl methyl sites for hydroxylation is 2. The summed E-state index contributed by atoms with van der Waals surface area (Å²) in [6, 6.07) is 8.22. The zero-order valence-corrected chi connectivity index (χ0v) is 14.8. The summed E-state index contributed by atoms with van der Waals surface area (Å²) >= 11 is 2.88. The van der Waals surface area contributed by atoms with Gasteiger partial charge in [0.15, 0.2) is 5.13 Å². The second-order valence-corrected chi connectivity index (χ2v) is 7.59. The summed E-state index contributed by atoms with van der Waals surface area (Å²) in [5.74, 6) is -0.0608. The second-order valence-electron chi connectivity index (χ2n) is 5.34. The molecule has 0 aliphatic heterocycles. The standard InChI is InChI=1S/C17H17N3OS2/c1-10-5-4-6-13-11(2)9-14(19-15(10)13)23-12(3)16(21)20-17-18-7-8-22-17/h4-9,12H,1-3H3,(H,18,20,21). The van der Waals surface area contributed by atoms with Gasteiger partial charge >= 0.3 is 0 Å². The Balaban J connectivity index is 1.80. The number of anilines is 1. The van der Waals surface area contributed by atoms with Crippen molar-refractivity contribution in [2.75, 3.05) is 5.32 Å². The maximum atomic E-state index is 12.2. The third kappa shape index (κ3) is 3.54. The molecule has 23 heavy (non-hydrogen) atoms. The van der Waals surface area contributed by atoms with E-state index < -0.39 is 0 Å². The van der Waals surface area contributed by atoms with Crippen LogP contribution in [0, 0.1) is 13.8 Å². The summed E-state index contributed by atoms with van der Waals surface area (Å²) in [4.78, 5) is 21.0. The topological polar surface area (TPSA) is 54.9 Å². The summed E-state index contributed by atoms with van der Waals surface area (Å²) in [6.07, 6.45) is 1.68. The van der Waals surface area contributed by atoms with Gasteiger partial charge in [-0.25, -0.2) is 9.97 Å². The van der Waals surface area contributed by atoms with Crippen molar-refractivity contribution in [1.29, 1.82) is 0 Å². The van der Waals surface area contributed by atoms with E-state index >= 15 is 0 Å². The molecule has 1 unspecified atom stereocenters. The molecule has 3 aromatic rings. The summed E-state index contributed by atoms with van der Waals surface area (Å²) in [5, 5.41) is 7.07. The molecule has 4 nitrogen and oxygen atoms in total.